The first-order valence-electron chi connectivity index (χ1n) is 7.86. The Bertz CT molecular complexity index is 825. The van der Waals surface area contributed by atoms with Crippen molar-refractivity contribution in [3.05, 3.63) is 71.9 Å². The minimum Gasteiger partial charge on any atom is -0.445 e. The van der Waals surface area contributed by atoms with E-state index >= 15 is 0 Å². The van der Waals surface area contributed by atoms with Crippen LogP contribution in [0, 0.1) is 0 Å². The minimum atomic E-state index is -0.399. The van der Waals surface area contributed by atoms with Crippen molar-refractivity contribution in [2.75, 3.05) is 6.54 Å². The van der Waals surface area contributed by atoms with Crippen LogP contribution in [0.25, 0.3) is 17.0 Å². The summed E-state index contributed by atoms with van der Waals surface area (Å²) in [4.78, 5) is 11.6. The molecule has 0 aliphatic heterocycles. The summed E-state index contributed by atoms with van der Waals surface area (Å²) in [6.07, 6.45) is 6.21. The summed E-state index contributed by atoms with van der Waals surface area (Å²) >= 11 is 0. The number of aromatic amines is 1. The van der Waals surface area contributed by atoms with Gasteiger partial charge in [0.1, 0.15) is 6.61 Å². The molecule has 0 unspecified atom stereocenters. The van der Waals surface area contributed by atoms with Gasteiger partial charge in [-0.05, 0) is 23.6 Å². The number of hydrogen-bond donors (Lipinski definition) is 2. The van der Waals surface area contributed by atoms with Crippen LogP contribution in [0.5, 0.6) is 0 Å². The number of carbonyl (C=O) groups is 1. The van der Waals surface area contributed by atoms with E-state index in [2.05, 4.69) is 15.5 Å². The number of alkyl carbamates (subject to hydrolysis) is 1. The summed E-state index contributed by atoms with van der Waals surface area (Å²) in [6, 6.07) is 15.6. The molecule has 1 aromatic heterocycles. The topological polar surface area (TPSA) is 67.0 Å². The van der Waals surface area contributed by atoms with Gasteiger partial charge in [-0.15, -0.1) is 0 Å². The first-order chi connectivity index (χ1) is 11.8. The van der Waals surface area contributed by atoms with Crippen LogP contribution < -0.4 is 5.32 Å². The number of benzene rings is 2. The average molecular weight is 321 g/mol. The molecule has 0 atom stereocenters. The molecule has 0 radical (unpaired) electrons. The second-order valence-electron chi connectivity index (χ2n) is 5.36. The highest BCUT2D eigenvalue weighted by molar-refractivity contribution is 5.87. The van der Waals surface area contributed by atoms with Crippen LogP contribution in [0.15, 0.2) is 60.8 Å². The van der Waals surface area contributed by atoms with Crippen molar-refractivity contribution >= 4 is 23.1 Å². The van der Waals surface area contributed by atoms with Gasteiger partial charge in [-0.3, -0.25) is 5.10 Å². The van der Waals surface area contributed by atoms with Crippen LogP contribution in [-0.4, -0.2) is 22.8 Å². The third-order valence-corrected chi connectivity index (χ3v) is 3.61. The molecule has 24 heavy (non-hydrogen) atoms. The van der Waals surface area contributed by atoms with E-state index in [1.54, 1.807) is 0 Å². The van der Waals surface area contributed by atoms with Gasteiger partial charge >= 0.3 is 6.09 Å². The molecular formula is C19H19N3O2. The molecule has 5 nitrogen and oxygen atoms in total. The van der Waals surface area contributed by atoms with Gasteiger partial charge in [0.15, 0.2) is 0 Å². The maximum atomic E-state index is 11.6. The lowest BCUT2D eigenvalue weighted by atomic mass is 10.1. The van der Waals surface area contributed by atoms with E-state index in [-0.39, 0.29) is 6.61 Å². The predicted octanol–water partition coefficient (Wildman–Crippen LogP) is 3.89. The molecule has 1 heterocycles. The van der Waals surface area contributed by atoms with Crippen molar-refractivity contribution in [3.8, 4) is 0 Å². The highest BCUT2D eigenvalue weighted by Crippen LogP contribution is 2.17. The van der Waals surface area contributed by atoms with Gasteiger partial charge in [0.2, 0.25) is 0 Å². The Morgan fingerprint density at radius 1 is 1.17 bits per heavy atom. The quantitative estimate of drug-likeness (QED) is 0.677. The van der Waals surface area contributed by atoms with Gasteiger partial charge in [-0.2, -0.15) is 5.10 Å². The van der Waals surface area contributed by atoms with Crippen molar-refractivity contribution in [2.45, 2.75) is 13.0 Å². The SMILES string of the molecule is O=C(NCCC=Cc1cccc2[nH]ncc12)OCc1ccccc1. The fourth-order valence-corrected chi connectivity index (χ4v) is 2.38. The molecule has 0 bridgehead atoms. The fraction of sp³-hybridized carbons (Fsp3) is 0.158. The normalized spacial score (nSPS) is 11.0. The maximum Gasteiger partial charge on any atom is 0.407 e. The lowest BCUT2D eigenvalue weighted by Crippen LogP contribution is -2.24. The fourth-order valence-electron chi connectivity index (χ4n) is 2.38. The molecule has 2 N–H and O–H groups in total. The molecule has 3 rings (SSSR count). The van der Waals surface area contributed by atoms with E-state index in [1.807, 2.05) is 66.9 Å². The highest BCUT2D eigenvalue weighted by Gasteiger charge is 2.01. The van der Waals surface area contributed by atoms with Crippen LogP contribution in [0.1, 0.15) is 17.5 Å². The molecule has 1 amide bonds. The number of carbonyl (C=O) groups excluding carboxylic acids is 1. The Kier molecular flexibility index (Phi) is 5.24. The summed E-state index contributed by atoms with van der Waals surface area (Å²) < 4.78 is 5.15. The van der Waals surface area contributed by atoms with E-state index in [0.29, 0.717) is 6.54 Å². The number of ether oxygens (including phenoxy) is 1. The Balaban J connectivity index is 1.40. The van der Waals surface area contributed by atoms with Crippen LogP contribution in [0.3, 0.4) is 0 Å². The first-order valence-corrected chi connectivity index (χ1v) is 7.86. The molecule has 0 fully saturated rings. The van der Waals surface area contributed by atoms with E-state index in [4.69, 9.17) is 4.74 Å². The van der Waals surface area contributed by atoms with E-state index in [1.165, 1.54) is 0 Å². The molecular weight excluding hydrogens is 302 g/mol. The molecule has 0 aliphatic rings. The number of amides is 1. The van der Waals surface area contributed by atoms with Crippen LogP contribution in [0.4, 0.5) is 4.79 Å². The van der Waals surface area contributed by atoms with Crippen LogP contribution in [-0.2, 0) is 11.3 Å². The Labute approximate surface area is 140 Å². The Hall–Kier alpha value is -3.08. The van der Waals surface area contributed by atoms with Crippen molar-refractivity contribution in [1.82, 2.24) is 15.5 Å². The number of hydrogen-bond acceptors (Lipinski definition) is 3. The van der Waals surface area contributed by atoms with Gasteiger partial charge < -0.3 is 10.1 Å². The lowest BCUT2D eigenvalue weighted by molar-refractivity contribution is 0.140. The van der Waals surface area contributed by atoms with Crippen LogP contribution in [0.2, 0.25) is 0 Å². The Morgan fingerprint density at radius 2 is 2.04 bits per heavy atom. The molecule has 0 spiro atoms. The summed E-state index contributed by atoms with van der Waals surface area (Å²) in [6.45, 7) is 0.816. The molecule has 2 aromatic carbocycles. The molecule has 5 heteroatoms. The van der Waals surface area contributed by atoms with Gasteiger partial charge in [0.25, 0.3) is 0 Å². The highest BCUT2D eigenvalue weighted by atomic mass is 16.5. The minimum absolute atomic E-state index is 0.283. The second kappa shape index (κ2) is 7.97. The summed E-state index contributed by atoms with van der Waals surface area (Å²) in [5.74, 6) is 0. The third-order valence-electron chi connectivity index (χ3n) is 3.61. The van der Waals surface area contributed by atoms with Crippen molar-refractivity contribution < 1.29 is 9.53 Å². The lowest BCUT2D eigenvalue weighted by Gasteiger charge is -2.05. The monoisotopic (exact) mass is 321 g/mol. The number of fused-ring (bicyclic) bond motifs is 1. The number of rotatable bonds is 6. The van der Waals surface area contributed by atoms with Gasteiger partial charge in [0.05, 0.1) is 11.7 Å². The standard InChI is InChI=1S/C19H19N3O2/c23-19(24-14-15-7-2-1-3-8-15)20-12-5-4-9-16-10-6-11-18-17(16)13-21-22-18/h1-4,6-11,13H,5,12,14H2,(H,20,23)(H,21,22). The van der Waals surface area contributed by atoms with Crippen molar-refractivity contribution in [3.63, 3.8) is 0 Å². The zero-order valence-electron chi connectivity index (χ0n) is 13.2. The summed E-state index contributed by atoms with van der Waals surface area (Å²) in [7, 11) is 0. The summed E-state index contributed by atoms with van der Waals surface area (Å²) in [5.41, 5.74) is 3.09. The van der Waals surface area contributed by atoms with Gasteiger partial charge in [0, 0.05) is 11.9 Å². The smallest absolute Gasteiger partial charge is 0.407 e. The molecule has 122 valence electrons. The average Bonchev–Trinajstić information content (AvgIpc) is 3.10. The van der Waals surface area contributed by atoms with Gasteiger partial charge in [-0.25, -0.2) is 4.79 Å². The van der Waals surface area contributed by atoms with Crippen molar-refractivity contribution in [2.24, 2.45) is 0 Å². The number of H-pyrrole nitrogens is 1. The Morgan fingerprint density at radius 3 is 2.92 bits per heavy atom. The first kappa shape index (κ1) is 15.8. The van der Waals surface area contributed by atoms with Crippen LogP contribution >= 0.6 is 0 Å². The molecule has 0 saturated carbocycles. The van der Waals surface area contributed by atoms with Crippen molar-refractivity contribution in [1.29, 1.82) is 0 Å². The number of nitrogens with zero attached hydrogens (tertiary/aromatic N) is 1. The maximum absolute atomic E-state index is 11.6. The van der Waals surface area contributed by atoms with E-state index in [9.17, 15) is 4.79 Å². The second-order valence-corrected chi connectivity index (χ2v) is 5.36. The van der Waals surface area contributed by atoms with E-state index < -0.39 is 6.09 Å². The van der Waals surface area contributed by atoms with Gasteiger partial charge in [-0.1, -0.05) is 54.6 Å². The predicted molar refractivity (Wildman–Crippen MR) is 94.4 cm³/mol. The number of aromatic nitrogens is 2. The zero-order chi connectivity index (χ0) is 16.6. The zero-order valence-corrected chi connectivity index (χ0v) is 13.2. The summed E-state index contributed by atoms with van der Waals surface area (Å²) in [5, 5.41) is 10.8. The third kappa shape index (κ3) is 4.23. The molecule has 3 aromatic rings. The number of nitrogens with one attached hydrogen (secondary N) is 2. The van der Waals surface area contributed by atoms with E-state index in [0.717, 1.165) is 28.5 Å². The molecule has 0 aliphatic carbocycles. The largest absolute Gasteiger partial charge is 0.445 e. The molecule has 0 saturated heterocycles.